The Morgan fingerprint density at radius 1 is 0.950 bits per heavy atom. The first-order chi connectivity index (χ1) is 8.87. The fraction of sp³-hybridized carbons (Fsp3) is 0.500. The molecule has 1 rings (SSSR count). The molecule has 110 valence electrons. The molecule has 0 amide bonds. The van der Waals surface area contributed by atoms with E-state index in [1.54, 1.807) is 0 Å². The van der Waals surface area contributed by atoms with Crippen molar-refractivity contribution in [1.82, 2.24) is 0 Å². The first-order valence-corrected chi connectivity index (χ1v) is 17.0. The van der Waals surface area contributed by atoms with Crippen LogP contribution in [0.4, 0.5) is 0 Å². The second kappa shape index (κ2) is 5.64. The molecule has 0 N–H and O–H groups in total. The van der Waals surface area contributed by atoms with Crippen molar-refractivity contribution in [2.45, 2.75) is 52.4 Å². The molecule has 20 heavy (non-hydrogen) atoms. The zero-order valence-electron chi connectivity index (χ0n) is 14.2. The summed E-state index contributed by atoms with van der Waals surface area (Å²) >= 11 is 0. The average molecular weight is 321 g/mol. The molecule has 0 heterocycles. The monoisotopic (exact) mass is 320 g/mol. The maximum absolute atomic E-state index is 6.49. The van der Waals surface area contributed by atoms with Gasteiger partial charge < -0.3 is 4.12 Å². The predicted octanol–water partition coefficient (Wildman–Crippen LogP) is 3.48. The highest BCUT2D eigenvalue weighted by molar-refractivity contribution is 6.93. The maximum atomic E-state index is 6.49. The van der Waals surface area contributed by atoms with Gasteiger partial charge in [-0.1, -0.05) is 37.7 Å². The van der Waals surface area contributed by atoms with Crippen molar-refractivity contribution in [3.05, 3.63) is 23.8 Å². The standard InChI is InChI=1S/C16H28OSi3/c1-10-14-11-12-15(13-16(14)18(2,3)4)20(8,9)17-19(5,6)7/h1,11-13H,2-9H3. The van der Waals surface area contributed by atoms with Crippen molar-refractivity contribution in [3.63, 3.8) is 0 Å². The largest absolute Gasteiger partial charge is 0.452 e. The SMILES string of the molecule is C#Cc1ccc([Si](C)(C)O[Si](C)(C)C)cc1[Si](C)(C)C. The Hall–Kier alpha value is -0.609. The van der Waals surface area contributed by atoms with Crippen LogP contribution in [0.2, 0.25) is 52.4 Å². The van der Waals surface area contributed by atoms with E-state index in [9.17, 15) is 0 Å². The third kappa shape index (κ3) is 4.45. The van der Waals surface area contributed by atoms with Crippen LogP contribution in [-0.2, 0) is 4.12 Å². The lowest BCUT2D eigenvalue weighted by atomic mass is 10.2. The van der Waals surface area contributed by atoms with Gasteiger partial charge in [-0.3, -0.25) is 0 Å². The van der Waals surface area contributed by atoms with Crippen LogP contribution >= 0.6 is 0 Å². The van der Waals surface area contributed by atoms with Crippen LogP contribution in [0.5, 0.6) is 0 Å². The van der Waals surface area contributed by atoms with Gasteiger partial charge in [0.1, 0.15) is 0 Å². The van der Waals surface area contributed by atoms with Crippen molar-refractivity contribution in [3.8, 4) is 12.3 Å². The summed E-state index contributed by atoms with van der Waals surface area (Å²) in [5.74, 6) is 2.85. The van der Waals surface area contributed by atoms with E-state index in [1.165, 1.54) is 10.4 Å². The van der Waals surface area contributed by atoms with Gasteiger partial charge in [0.2, 0.25) is 8.32 Å². The summed E-state index contributed by atoms with van der Waals surface area (Å²) in [6.45, 7) is 18.4. The van der Waals surface area contributed by atoms with E-state index in [-0.39, 0.29) is 0 Å². The fourth-order valence-corrected chi connectivity index (χ4v) is 11.8. The van der Waals surface area contributed by atoms with Gasteiger partial charge in [0.15, 0.2) is 8.32 Å². The summed E-state index contributed by atoms with van der Waals surface area (Å²) in [7, 11) is -4.81. The first-order valence-electron chi connectivity index (χ1n) is 7.18. The van der Waals surface area contributed by atoms with E-state index in [0.717, 1.165) is 5.56 Å². The molecule has 0 saturated carbocycles. The summed E-state index contributed by atoms with van der Waals surface area (Å²) in [5.41, 5.74) is 1.06. The zero-order chi connectivity index (χ0) is 15.8. The van der Waals surface area contributed by atoms with Crippen LogP contribution in [0, 0.1) is 12.3 Å². The number of hydrogen-bond donors (Lipinski definition) is 0. The molecule has 0 aromatic heterocycles. The smallest absolute Gasteiger partial charge is 0.205 e. The molecule has 0 spiro atoms. The van der Waals surface area contributed by atoms with Crippen molar-refractivity contribution in [2.75, 3.05) is 0 Å². The van der Waals surface area contributed by atoms with E-state index < -0.39 is 24.7 Å². The second-order valence-corrected chi connectivity index (χ2v) is 21.6. The van der Waals surface area contributed by atoms with Crippen LogP contribution < -0.4 is 10.4 Å². The molecule has 0 saturated heterocycles. The van der Waals surface area contributed by atoms with E-state index in [2.05, 4.69) is 76.5 Å². The number of benzene rings is 1. The maximum Gasteiger partial charge on any atom is 0.205 e. The number of terminal acetylenes is 1. The Balaban J connectivity index is 3.32. The Kier molecular flexibility index (Phi) is 4.92. The molecular weight excluding hydrogens is 292 g/mol. The van der Waals surface area contributed by atoms with E-state index in [0.29, 0.717) is 0 Å². The normalized spacial score (nSPS) is 13.2. The zero-order valence-corrected chi connectivity index (χ0v) is 17.2. The molecule has 1 nitrogen and oxygen atoms in total. The second-order valence-electron chi connectivity index (χ2n) is 7.88. The lowest BCUT2D eigenvalue weighted by Crippen LogP contribution is -2.53. The van der Waals surface area contributed by atoms with Crippen molar-refractivity contribution < 1.29 is 4.12 Å². The van der Waals surface area contributed by atoms with Gasteiger partial charge in [-0.25, -0.2) is 0 Å². The summed E-state index contributed by atoms with van der Waals surface area (Å²) in [6, 6.07) is 6.64. The van der Waals surface area contributed by atoms with Crippen LogP contribution in [0.1, 0.15) is 5.56 Å². The lowest BCUT2D eigenvalue weighted by molar-refractivity contribution is 0.566. The summed E-state index contributed by atoms with van der Waals surface area (Å²) < 4.78 is 6.49. The van der Waals surface area contributed by atoms with Crippen molar-refractivity contribution in [2.24, 2.45) is 0 Å². The molecule has 1 aromatic rings. The number of rotatable bonds is 4. The van der Waals surface area contributed by atoms with Gasteiger partial charge in [-0.05, 0) is 49.2 Å². The van der Waals surface area contributed by atoms with Crippen molar-refractivity contribution in [1.29, 1.82) is 0 Å². The van der Waals surface area contributed by atoms with Gasteiger partial charge in [0.25, 0.3) is 0 Å². The minimum absolute atomic E-state index is 1.06. The highest BCUT2D eigenvalue weighted by atomic mass is 28.4. The molecular formula is C16H28OSi3. The summed E-state index contributed by atoms with van der Waals surface area (Å²) in [6.07, 6.45) is 5.67. The first kappa shape index (κ1) is 17.4. The highest BCUT2D eigenvalue weighted by Gasteiger charge is 2.33. The van der Waals surface area contributed by atoms with Gasteiger partial charge in [-0.15, -0.1) is 6.42 Å². The fourth-order valence-electron chi connectivity index (χ4n) is 2.49. The molecule has 1 aromatic carbocycles. The molecule has 0 unspecified atom stereocenters. The van der Waals surface area contributed by atoms with Crippen LogP contribution in [0.25, 0.3) is 0 Å². The molecule has 0 atom stereocenters. The van der Waals surface area contributed by atoms with Crippen LogP contribution in [-0.4, -0.2) is 24.7 Å². The van der Waals surface area contributed by atoms with E-state index in [1.807, 2.05) is 0 Å². The van der Waals surface area contributed by atoms with E-state index in [4.69, 9.17) is 10.5 Å². The lowest BCUT2D eigenvalue weighted by Gasteiger charge is -2.33. The molecule has 0 aliphatic carbocycles. The van der Waals surface area contributed by atoms with Gasteiger partial charge in [-0.2, -0.15) is 0 Å². The van der Waals surface area contributed by atoms with Gasteiger partial charge in [0.05, 0.1) is 8.07 Å². The predicted molar refractivity (Wildman–Crippen MR) is 98.9 cm³/mol. The third-order valence-corrected chi connectivity index (χ3v) is 11.5. The molecule has 0 aliphatic heterocycles. The average Bonchev–Trinajstić information content (AvgIpc) is 2.23. The van der Waals surface area contributed by atoms with Crippen molar-refractivity contribution >= 4 is 35.1 Å². The minimum Gasteiger partial charge on any atom is -0.452 e. The molecule has 0 aliphatic rings. The summed E-state index contributed by atoms with van der Waals surface area (Å²) in [4.78, 5) is 0. The summed E-state index contributed by atoms with van der Waals surface area (Å²) in [5, 5.41) is 2.76. The molecule has 0 bridgehead atoms. The number of hydrogen-bond acceptors (Lipinski definition) is 1. The van der Waals surface area contributed by atoms with Gasteiger partial charge >= 0.3 is 0 Å². The Bertz CT molecular complexity index is 528. The van der Waals surface area contributed by atoms with Crippen LogP contribution in [0.15, 0.2) is 18.2 Å². The third-order valence-electron chi connectivity index (χ3n) is 3.24. The Labute approximate surface area is 128 Å². The molecule has 0 fully saturated rings. The van der Waals surface area contributed by atoms with Gasteiger partial charge in [0, 0.05) is 5.56 Å². The highest BCUT2D eigenvalue weighted by Crippen LogP contribution is 2.15. The Morgan fingerprint density at radius 3 is 1.90 bits per heavy atom. The van der Waals surface area contributed by atoms with Crippen LogP contribution in [0.3, 0.4) is 0 Å². The quantitative estimate of drug-likeness (QED) is 0.610. The topological polar surface area (TPSA) is 9.23 Å². The van der Waals surface area contributed by atoms with E-state index >= 15 is 0 Å². The molecule has 4 heteroatoms. The molecule has 0 radical (unpaired) electrons. The minimum atomic E-state index is -1.85. The Morgan fingerprint density at radius 2 is 1.50 bits per heavy atom.